The molecule has 0 saturated carbocycles. The van der Waals surface area contributed by atoms with Gasteiger partial charge in [-0.1, -0.05) is 75.7 Å². The molecule has 0 aliphatic carbocycles. The predicted octanol–water partition coefficient (Wildman–Crippen LogP) is 15.0. The van der Waals surface area contributed by atoms with E-state index >= 15 is 0 Å². The number of H-pyrrole nitrogens is 1. The molecule has 0 bridgehead atoms. The van der Waals surface area contributed by atoms with E-state index in [1.54, 1.807) is 125 Å². The number of phenolic OH excluding ortho intramolecular Hbond substituents is 2. The van der Waals surface area contributed by atoms with Crippen molar-refractivity contribution in [1.82, 2.24) is 14.1 Å². The molecule has 9 rings (SSSR count). The summed E-state index contributed by atoms with van der Waals surface area (Å²) in [5.74, 6) is 2.56. The number of nitrogens with zero attached hydrogens (tertiary/aromatic N) is 4. The molecule has 3 heterocycles. The van der Waals surface area contributed by atoms with Crippen molar-refractivity contribution in [2.24, 2.45) is 0 Å². The van der Waals surface area contributed by atoms with Crippen molar-refractivity contribution in [3.05, 3.63) is 191 Å². The molecule has 0 atom stereocenters. The van der Waals surface area contributed by atoms with Crippen molar-refractivity contribution in [3.63, 3.8) is 0 Å². The van der Waals surface area contributed by atoms with Crippen LogP contribution in [0.4, 0.5) is 30.6 Å². The van der Waals surface area contributed by atoms with Gasteiger partial charge in [-0.2, -0.15) is 0 Å². The van der Waals surface area contributed by atoms with Gasteiger partial charge in [0.25, 0.3) is 11.4 Å². The number of nitro benzene ring substituents is 2. The van der Waals surface area contributed by atoms with E-state index in [2.05, 4.69) is 22.9 Å². The molecule has 5 N–H and O–H groups in total. The number of aromatic amines is 1. The summed E-state index contributed by atoms with van der Waals surface area (Å²) in [5, 5.41) is 61.5. The van der Waals surface area contributed by atoms with Crippen LogP contribution in [0.1, 0.15) is 83.1 Å². The van der Waals surface area contributed by atoms with E-state index in [1.807, 2.05) is 45.2 Å². The zero-order valence-corrected chi connectivity index (χ0v) is 66.4. The molecule has 554 valence electrons. The molecular formula is C68H77BBrCl6MgN5O21. The van der Waals surface area contributed by atoms with Crippen LogP contribution >= 0.6 is 69.6 Å². The van der Waals surface area contributed by atoms with Crippen LogP contribution in [0.2, 0.25) is 30.1 Å². The van der Waals surface area contributed by atoms with Crippen molar-refractivity contribution in [3.8, 4) is 34.5 Å². The second-order valence-electron chi connectivity index (χ2n) is 24.0. The van der Waals surface area contributed by atoms with E-state index in [0.29, 0.717) is 48.7 Å². The van der Waals surface area contributed by atoms with Crippen LogP contribution < -0.4 is 41.5 Å². The molecule has 0 aliphatic rings. The summed E-state index contributed by atoms with van der Waals surface area (Å²) in [6.45, 7) is 27.6. The Hall–Kier alpha value is -8.07. The topological polar surface area (TPSA) is 344 Å². The van der Waals surface area contributed by atoms with Crippen LogP contribution in [0.15, 0.2) is 134 Å². The minimum atomic E-state index is -1.85. The fraction of sp³-hybridized carbons (Fsp3) is 0.294. The molecule has 0 saturated heterocycles. The molecule has 0 aliphatic heterocycles. The summed E-state index contributed by atoms with van der Waals surface area (Å²) in [6.07, 6.45) is 0.195. The number of halogens is 7. The van der Waals surface area contributed by atoms with E-state index in [0.717, 1.165) is 38.7 Å². The van der Waals surface area contributed by atoms with Gasteiger partial charge < -0.3 is 91.4 Å². The molecule has 0 amide bonds. The number of aromatic hydroxyl groups is 2. The van der Waals surface area contributed by atoms with Crippen LogP contribution in [0.25, 0.3) is 32.7 Å². The third kappa shape index (κ3) is 33.1. The Kier molecular flexibility index (Phi) is 39.9. The Morgan fingerprint density at radius 2 is 0.922 bits per heavy atom. The number of hydrogen-bond donors (Lipinski definition) is 5. The molecule has 0 radical (unpaired) electrons. The summed E-state index contributed by atoms with van der Waals surface area (Å²) in [4.78, 5) is 68.9. The molecule has 0 spiro atoms. The van der Waals surface area contributed by atoms with E-state index in [4.69, 9.17) is 118 Å². The summed E-state index contributed by atoms with van der Waals surface area (Å²) >= 11 is 34.9. The van der Waals surface area contributed by atoms with Crippen molar-refractivity contribution in [1.29, 1.82) is 0 Å². The summed E-state index contributed by atoms with van der Waals surface area (Å²) in [5.41, 5.74) is -1.11. The van der Waals surface area contributed by atoms with Gasteiger partial charge in [0.2, 0.25) is 0 Å². The number of benzene rings is 6. The maximum Gasteiger partial charge on any atom is 2.00 e. The number of hydrogen-bond acceptors (Lipinski definition) is 21. The fourth-order valence-corrected chi connectivity index (χ4v) is 9.15. The van der Waals surface area contributed by atoms with Gasteiger partial charge in [0.1, 0.15) is 66.9 Å². The molecule has 3 aromatic heterocycles. The average molecular weight is 1630 g/mol. The third-order valence-corrected chi connectivity index (χ3v) is 13.2. The van der Waals surface area contributed by atoms with Gasteiger partial charge in [-0.25, -0.2) is 19.2 Å². The molecule has 35 heteroatoms. The van der Waals surface area contributed by atoms with E-state index in [1.165, 1.54) is 61.3 Å². The number of fused-ring (bicyclic) bond motifs is 3. The SMILES string of the molecule is CC(C)(C)OC(=O)OC(=O)OC(C)(C)C.COc1cc(Cl)c2[nH]ccc2c1.COc1cc(Cl)c2c(c1)cc(B(O)O)n2C(=O)OC(C)(C)C.COc1cc(Cl)c2c(ccn2C(=O)OC(C)(C)C)c1.COc1ccc([N+](=O)[O-])c(Cl)c1.O=[N+]([O-])c1ccc(O)cc1Cl.Oc1cccc(Cl)c1.[Br-].[CH-]=C.[Mg+2]. The molecule has 103 heavy (non-hydrogen) atoms. The number of rotatable bonds is 7. The first-order chi connectivity index (χ1) is 46.8. The number of methoxy groups -OCH3 is 4. The largest absolute Gasteiger partial charge is 2.00 e. The Morgan fingerprint density at radius 1 is 0.505 bits per heavy atom. The Morgan fingerprint density at radius 3 is 1.34 bits per heavy atom. The van der Waals surface area contributed by atoms with Crippen LogP contribution in [-0.4, -0.2) is 150 Å². The van der Waals surface area contributed by atoms with Crippen molar-refractivity contribution < 1.29 is 109 Å². The second-order valence-corrected chi connectivity index (χ2v) is 26.5. The molecule has 6 aromatic carbocycles. The van der Waals surface area contributed by atoms with Crippen LogP contribution in [0.3, 0.4) is 0 Å². The smallest absolute Gasteiger partial charge is 1.00 e. The molecular weight excluding hydrogens is 1550 g/mol. The zero-order chi connectivity index (χ0) is 77.2. The number of aromatic nitrogens is 3. The van der Waals surface area contributed by atoms with Crippen molar-refractivity contribution in [2.75, 3.05) is 28.4 Å². The normalized spacial score (nSPS) is 10.4. The summed E-state index contributed by atoms with van der Waals surface area (Å²) in [7, 11) is 4.32. The van der Waals surface area contributed by atoms with Crippen molar-refractivity contribution >= 4 is 174 Å². The van der Waals surface area contributed by atoms with Gasteiger partial charge in [-0.3, -0.25) is 35.9 Å². The summed E-state index contributed by atoms with van der Waals surface area (Å²) < 4.78 is 47.1. The average Bonchev–Trinajstić information content (AvgIpc) is 1.62. The van der Waals surface area contributed by atoms with Gasteiger partial charge in [-0.15, -0.1) is 0 Å². The number of nitro groups is 2. The number of ether oxygens (including phenoxy) is 9. The fourth-order valence-electron chi connectivity index (χ4n) is 7.60. The Balaban J connectivity index is 0.00000119. The molecule has 0 unspecified atom stereocenters. The number of carbonyl (C=O) groups excluding carboxylic acids is 4. The standard InChI is InChI=1S/C14H17BClNO5.C14H16ClNO3.C10H18O5.C9H8ClNO.C7H6ClNO3.C6H4ClNO3.C6H5ClO.C2H3.BrH.Mg/c1-14(2,3)22-13(18)17-11(15(19)20)6-8-5-9(21-4)7-10(16)12(8)17;1-14(2,3)19-13(17)16-6-5-9-7-10(18-4)8-11(15)12(9)16;1-9(2,3)14-7(11)13-8(12)15-10(4,5)6;1-12-7-4-6-2-3-11-9(6)8(10)5-7;1-12-5-2-3-7(9(10)11)6(8)4-5;7-5-3-4(9)1-2-6(5)8(10)11;7-5-2-1-3-6(8)4-5;1-2;;/h5-7,19-20H,1-4H3;5-8H,1-4H3;1-6H3;2-5,11H,1H3;2-4H,1H3;1-3,9H;1-4,8H;1H,2H2;1H;/q;;;;;;;-1;;+2/p-1. The van der Waals surface area contributed by atoms with Gasteiger partial charge in [0.15, 0.2) is 0 Å². The van der Waals surface area contributed by atoms with Crippen LogP contribution in [0.5, 0.6) is 34.5 Å². The minimum Gasteiger partial charge on any atom is -1.00 e. The Bertz CT molecular complexity index is 4260. The first-order valence-corrected chi connectivity index (χ1v) is 31.5. The van der Waals surface area contributed by atoms with E-state index in [9.17, 15) is 49.5 Å². The maximum atomic E-state index is 12.4. The van der Waals surface area contributed by atoms with Gasteiger partial charge in [0, 0.05) is 76.0 Å². The zero-order valence-electron chi connectivity index (χ0n) is 58.9. The van der Waals surface area contributed by atoms with Crippen LogP contribution in [0, 0.1) is 26.8 Å². The van der Waals surface area contributed by atoms with Crippen molar-refractivity contribution in [2.45, 2.75) is 105 Å². The monoisotopic (exact) mass is 1620 g/mol. The van der Waals surface area contributed by atoms with Crippen LogP contribution in [-0.2, 0) is 23.7 Å². The second kappa shape index (κ2) is 43.3. The van der Waals surface area contributed by atoms with Gasteiger partial charge in [-0.05, 0) is 150 Å². The minimum absolute atomic E-state index is 0. The molecule has 9 aromatic rings. The predicted molar refractivity (Wildman–Crippen MR) is 397 cm³/mol. The first kappa shape index (κ1) is 94.9. The van der Waals surface area contributed by atoms with E-state index in [-0.39, 0.29) is 83.6 Å². The third-order valence-electron chi connectivity index (χ3n) is 11.5. The Labute approximate surface area is 651 Å². The van der Waals surface area contributed by atoms with E-state index < -0.39 is 63.9 Å². The maximum absolute atomic E-state index is 12.4. The molecule has 0 fully saturated rings. The summed E-state index contributed by atoms with van der Waals surface area (Å²) in [6, 6.07) is 29.8. The molecule has 26 nitrogen and oxygen atoms in total. The van der Waals surface area contributed by atoms with Gasteiger partial charge >= 0.3 is 54.7 Å². The van der Waals surface area contributed by atoms with Gasteiger partial charge in [0.05, 0.1) is 75.5 Å². The first-order valence-electron chi connectivity index (χ1n) is 29.3. The number of nitrogens with one attached hydrogen (secondary N) is 1. The number of phenols is 2. The quantitative estimate of drug-likeness (QED) is 0.0188. The number of carbonyl (C=O) groups is 4.